The first-order valence-electron chi connectivity index (χ1n) is 3.93. The average molecular weight is 201 g/mol. The molecule has 1 rings (SSSR count). The lowest BCUT2D eigenvalue weighted by Crippen LogP contribution is -2.16. The second kappa shape index (κ2) is 4.15. The SMILES string of the molecule is NC(CC(=O)O)c1ccc(F)cc1F. The molecule has 0 aliphatic heterocycles. The van der Waals surface area contributed by atoms with E-state index in [-0.39, 0.29) is 12.0 Å². The molecule has 0 spiro atoms. The van der Waals surface area contributed by atoms with Crippen LogP contribution >= 0.6 is 0 Å². The van der Waals surface area contributed by atoms with Gasteiger partial charge < -0.3 is 10.8 Å². The monoisotopic (exact) mass is 201 g/mol. The molecule has 1 unspecified atom stereocenters. The van der Waals surface area contributed by atoms with Crippen molar-refractivity contribution in [3.63, 3.8) is 0 Å². The van der Waals surface area contributed by atoms with Crippen LogP contribution in [0.4, 0.5) is 8.78 Å². The summed E-state index contributed by atoms with van der Waals surface area (Å²) in [5.74, 6) is -2.66. The minimum atomic E-state index is -1.12. The third-order valence-electron chi connectivity index (χ3n) is 1.76. The van der Waals surface area contributed by atoms with E-state index in [1.165, 1.54) is 0 Å². The van der Waals surface area contributed by atoms with Gasteiger partial charge in [0, 0.05) is 17.7 Å². The molecule has 0 saturated heterocycles. The molecule has 0 fully saturated rings. The number of hydrogen-bond acceptors (Lipinski definition) is 2. The summed E-state index contributed by atoms with van der Waals surface area (Å²) in [4.78, 5) is 10.3. The summed E-state index contributed by atoms with van der Waals surface area (Å²) in [6, 6.07) is 1.92. The average Bonchev–Trinajstić information content (AvgIpc) is 2.01. The normalized spacial score (nSPS) is 12.5. The minimum absolute atomic E-state index is 0.00815. The Morgan fingerprint density at radius 3 is 2.64 bits per heavy atom. The van der Waals surface area contributed by atoms with Crippen LogP contribution in [-0.4, -0.2) is 11.1 Å². The summed E-state index contributed by atoms with van der Waals surface area (Å²) in [6.45, 7) is 0. The first-order valence-corrected chi connectivity index (χ1v) is 3.93. The molecule has 0 aliphatic carbocycles. The standard InChI is InChI=1S/C9H9F2NO2/c10-5-1-2-6(7(11)3-5)8(12)4-9(13)14/h1-3,8H,4,12H2,(H,13,14). The molecular weight excluding hydrogens is 192 g/mol. The number of benzene rings is 1. The van der Waals surface area contributed by atoms with Gasteiger partial charge in [0.05, 0.1) is 6.42 Å². The first-order chi connectivity index (χ1) is 6.50. The third kappa shape index (κ3) is 2.50. The molecule has 0 aliphatic rings. The second-order valence-corrected chi connectivity index (χ2v) is 2.87. The molecule has 0 amide bonds. The van der Waals surface area contributed by atoms with Crippen LogP contribution in [0.25, 0.3) is 0 Å². The van der Waals surface area contributed by atoms with E-state index < -0.39 is 23.6 Å². The summed E-state index contributed by atoms with van der Waals surface area (Å²) in [5, 5.41) is 8.41. The molecule has 14 heavy (non-hydrogen) atoms. The van der Waals surface area contributed by atoms with Gasteiger partial charge in [0.15, 0.2) is 0 Å². The summed E-state index contributed by atoms with van der Waals surface area (Å²) < 4.78 is 25.5. The maximum atomic E-state index is 13.0. The highest BCUT2D eigenvalue weighted by Gasteiger charge is 2.14. The van der Waals surface area contributed by atoms with E-state index in [2.05, 4.69) is 0 Å². The fourth-order valence-corrected chi connectivity index (χ4v) is 1.10. The number of nitrogens with two attached hydrogens (primary N) is 1. The summed E-state index contributed by atoms with van der Waals surface area (Å²) in [6.07, 6.45) is -0.386. The number of hydrogen-bond donors (Lipinski definition) is 2. The Hall–Kier alpha value is -1.49. The summed E-state index contributed by atoms with van der Waals surface area (Å²) in [5.41, 5.74) is 5.41. The van der Waals surface area contributed by atoms with Crippen LogP contribution in [-0.2, 0) is 4.79 Å². The zero-order valence-corrected chi connectivity index (χ0v) is 7.21. The van der Waals surface area contributed by atoms with E-state index in [0.717, 1.165) is 12.1 Å². The lowest BCUT2D eigenvalue weighted by atomic mass is 10.0. The fourth-order valence-electron chi connectivity index (χ4n) is 1.10. The number of carboxylic acids is 1. The summed E-state index contributed by atoms with van der Waals surface area (Å²) >= 11 is 0. The molecule has 3 N–H and O–H groups in total. The van der Waals surface area contributed by atoms with Crippen molar-refractivity contribution in [1.29, 1.82) is 0 Å². The highest BCUT2D eigenvalue weighted by molar-refractivity contribution is 5.67. The van der Waals surface area contributed by atoms with Crippen molar-refractivity contribution in [1.82, 2.24) is 0 Å². The van der Waals surface area contributed by atoms with Crippen LogP contribution in [0.15, 0.2) is 18.2 Å². The van der Waals surface area contributed by atoms with Crippen LogP contribution in [0, 0.1) is 11.6 Å². The van der Waals surface area contributed by atoms with E-state index in [9.17, 15) is 13.6 Å². The van der Waals surface area contributed by atoms with Gasteiger partial charge in [-0.05, 0) is 6.07 Å². The largest absolute Gasteiger partial charge is 0.481 e. The van der Waals surface area contributed by atoms with Crippen molar-refractivity contribution in [2.75, 3.05) is 0 Å². The van der Waals surface area contributed by atoms with Crippen LogP contribution in [0.5, 0.6) is 0 Å². The quantitative estimate of drug-likeness (QED) is 0.777. The maximum absolute atomic E-state index is 13.0. The van der Waals surface area contributed by atoms with Gasteiger partial charge in [0.25, 0.3) is 0 Å². The van der Waals surface area contributed by atoms with Crippen molar-refractivity contribution in [3.05, 3.63) is 35.4 Å². The van der Waals surface area contributed by atoms with Crippen molar-refractivity contribution >= 4 is 5.97 Å². The molecule has 76 valence electrons. The Bertz CT molecular complexity index is 355. The van der Waals surface area contributed by atoms with Crippen LogP contribution in [0.1, 0.15) is 18.0 Å². The molecule has 0 aromatic heterocycles. The van der Waals surface area contributed by atoms with E-state index in [1.54, 1.807) is 0 Å². The lowest BCUT2D eigenvalue weighted by molar-refractivity contribution is -0.137. The Morgan fingerprint density at radius 2 is 2.14 bits per heavy atom. The fraction of sp³-hybridized carbons (Fsp3) is 0.222. The Morgan fingerprint density at radius 1 is 1.50 bits per heavy atom. The van der Waals surface area contributed by atoms with E-state index >= 15 is 0 Å². The number of aliphatic carboxylic acids is 1. The van der Waals surface area contributed by atoms with Gasteiger partial charge in [-0.25, -0.2) is 8.78 Å². The Kier molecular flexibility index (Phi) is 3.14. The van der Waals surface area contributed by atoms with Crippen LogP contribution in [0.3, 0.4) is 0 Å². The van der Waals surface area contributed by atoms with Gasteiger partial charge in [0.1, 0.15) is 11.6 Å². The smallest absolute Gasteiger partial charge is 0.305 e. The molecule has 0 radical (unpaired) electrons. The van der Waals surface area contributed by atoms with Crippen molar-refractivity contribution < 1.29 is 18.7 Å². The number of carboxylic acid groups (broad SMARTS) is 1. The van der Waals surface area contributed by atoms with E-state index in [0.29, 0.717) is 6.07 Å². The van der Waals surface area contributed by atoms with Gasteiger partial charge in [0.2, 0.25) is 0 Å². The van der Waals surface area contributed by atoms with Crippen LogP contribution in [0.2, 0.25) is 0 Å². The Balaban J connectivity index is 2.90. The first kappa shape index (κ1) is 10.6. The molecule has 1 atom stereocenters. The number of rotatable bonds is 3. The summed E-state index contributed by atoms with van der Waals surface area (Å²) in [7, 11) is 0. The topological polar surface area (TPSA) is 63.3 Å². The van der Waals surface area contributed by atoms with Crippen molar-refractivity contribution in [2.45, 2.75) is 12.5 Å². The van der Waals surface area contributed by atoms with Gasteiger partial charge in [-0.15, -0.1) is 0 Å². The van der Waals surface area contributed by atoms with Gasteiger partial charge in [-0.2, -0.15) is 0 Å². The lowest BCUT2D eigenvalue weighted by Gasteiger charge is -2.09. The zero-order valence-electron chi connectivity index (χ0n) is 7.21. The molecular formula is C9H9F2NO2. The predicted octanol–water partition coefficient (Wildman–Crippen LogP) is 1.44. The zero-order chi connectivity index (χ0) is 10.7. The third-order valence-corrected chi connectivity index (χ3v) is 1.76. The predicted molar refractivity (Wildman–Crippen MR) is 45.5 cm³/mol. The highest BCUT2D eigenvalue weighted by Crippen LogP contribution is 2.18. The van der Waals surface area contributed by atoms with Gasteiger partial charge in [-0.3, -0.25) is 4.79 Å². The van der Waals surface area contributed by atoms with Crippen molar-refractivity contribution in [3.8, 4) is 0 Å². The second-order valence-electron chi connectivity index (χ2n) is 2.87. The maximum Gasteiger partial charge on any atom is 0.305 e. The van der Waals surface area contributed by atoms with Gasteiger partial charge in [-0.1, -0.05) is 6.07 Å². The van der Waals surface area contributed by atoms with E-state index in [4.69, 9.17) is 10.8 Å². The Labute approximate surface area is 79.2 Å². The van der Waals surface area contributed by atoms with Crippen molar-refractivity contribution in [2.24, 2.45) is 5.73 Å². The van der Waals surface area contributed by atoms with Gasteiger partial charge >= 0.3 is 5.97 Å². The molecule has 0 bridgehead atoms. The molecule has 3 nitrogen and oxygen atoms in total. The number of carbonyl (C=O) groups is 1. The molecule has 1 aromatic carbocycles. The minimum Gasteiger partial charge on any atom is -0.481 e. The molecule has 5 heteroatoms. The molecule has 0 heterocycles. The van der Waals surface area contributed by atoms with E-state index in [1.807, 2.05) is 0 Å². The number of halogens is 2. The van der Waals surface area contributed by atoms with Crippen LogP contribution < -0.4 is 5.73 Å². The molecule has 1 aromatic rings. The highest BCUT2D eigenvalue weighted by atomic mass is 19.1. The molecule has 0 saturated carbocycles.